The van der Waals surface area contributed by atoms with Gasteiger partial charge in [-0.15, -0.1) is 0 Å². The standard InChI is InChI=1S/C18H19F3N2O3/c1-10-2-4-15-12(6-10)11(7-22-15)3-5-16(24)23-8-13(17(25)26)14(9-23)18(19,20)21/h2,4,6-7,13-14,22H,3,5,8-9H2,1H3,(H,25,26)/t13-,14-/m1/s1. The summed E-state index contributed by atoms with van der Waals surface area (Å²) in [5, 5.41) is 10.0. The number of aromatic nitrogens is 1. The molecule has 3 rings (SSSR count). The zero-order valence-electron chi connectivity index (χ0n) is 14.1. The van der Waals surface area contributed by atoms with Gasteiger partial charge in [-0.1, -0.05) is 11.6 Å². The summed E-state index contributed by atoms with van der Waals surface area (Å²) in [6, 6.07) is 5.88. The van der Waals surface area contributed by atoms with E-state index in [4.69, 9.17) is 5.11 Å². The Bertz CT molecular complexity index is 844. The number of aliphatic carboxylic acids is 1. The van der Waals surface area contributed by atoms with Crippen LogP contribution in [0.5, 0.6) is 0 Å². The van der Waals surface area contributed by atoms with Crippen molar-refractivity contribution in [1.29, 1.82) is 0 Å². The molecule has 0 aliphatic carbocycles. The van der Waals surface area contributed by atoms with Gasteiger partial charge >= 0.3 is 12.1 Å². The van der Waals surface area contributed by atoms with Crippen LogP contribution >= 0.6 is 0 Å². The lowest BCUT2D eigenvalue weighted by Crippen LogP contribution is -2.34. The number of hydrogen-bond donors (Lipinski definition) is 2. The van der Waals surface area contributed by atoms with Crippen molar-refractivity contribution >= 4 is 22.8 Å². The number of H-pyrrole nitrogens is 1. The van der Waals surface area contributed by atoms with E-state index in [1.807, 2.05) is 25.1 Å². The Kier molecular flexibility index (Phi) is 4.68. The number of carbonyl (C=O) groups is 2. The molecule has 1 aromatic heterocycles. The van der Waals surface area contributed by atoms with Gasteiger partial charge in [-0.2, -0.15) is 13.2 Å². The third-order valence-electron chi connectivity index (χ3n) is 4.94. The highest BCUT2D eigenvalue weighted by Gasteiger charge is 2.53. The number of carboxylic acids is 1. The molecule has 1 aromatic carbocycles. The first-order valence-electron chi connectivity index (χ1n) is 8.30. The number of rotatable bonds is 4. The summed E-state index contributed by atoms with van der Waals surface area (Å²) in [5.41, 5.74) is 2.92. The van der Waals surface area contributed by atoms with Gasteiger partial charge in [0.25, 0.3) is 0 Å². The Balaban J connectivity index is 1.68. The maximum Gasteiger partial charge on any atom is 0.394 e. The van der Waals surface area contributed by atoms with Gasteiger partial charge in [0.2, 0.25) is 5.91 Å². The quantitative estimate of drug-likeness (QED) is 0.871. The summed E-state index contributed by atoms with van der Waals surface area (Å²) >= 11 is 0. The number of carboxylic acid groups (broad SMARTS) is 1. The van der Waals surface area contributed by atoms with Gasteiger partial charge in [0.1, 0.15) is 0 Å². The van der Waals surface area contributed by atoms with Crippen molar-refractivity contribution in [1.82, 2.24) is 9.88 Å². The van der Waals surface area contributed by atoms with Crippen LogP contribution in [0.15, 0.2) is 24.4 Å². The topological polar surface area (TPSA) is 73.4 Å². The van der Waals surface area contributed by atoms with Gasteiger partial charge in [-0.3, -0.25) is 9.59 Å². The van der Waals surface area contributed by atoms with Crippen molar-refractivity contribution in [2.24, 2.45) is 11.8 Å². The minimum atomic E-state index is -4.63. The van der Waals surface area contributed by atoms with E-state index in [9.17, 15) is 22.8 Å². The van der Waals surface area contributed by atoms with Crippen molar-refractivity contribution in [2.75, 3.05) is 13.1 Å². The molecule has 1 aliphatic rings. The van der Waals surface area contributed by atoms with E-state index in [0.29, 0.717) is 6.42 Å². The first kappa shape index (κ1) is 18.3. The molecule has 140 valence electrons. The van der Waals surface area contributed by atoms with Crippen molar-refractivity contribution in [3.05, 3.63) is 35.5 Å². The largest absolute Gasteiger partial charge is 0.481 e. The summed E-state index contributed by atoms with van der Waals surface area (Å²) in [7, 11) is 0. The summed E-state index contributed by atoms with van der Waals surface area (Å²) < 4.78 is 39.1. The van der Waals surface area contributed by atoms with E-state index in [1.165, 1.54) is 0 Å². The van der Waals surface area contributed by atoms with Crippen LogP contribution in [-0.4, -0.2) is 46.1 Å². The van der Waals surface area contributed by atoms with Crippen molar-refractivity contribution in [3.63, 3.8) is 0 Å². The predicted molar refractivity (Wildman–Crippen MR) is 88.6 cm³/mol. The maximum absolute atomic E-state index is 13.0. The molecule has 2 aromatic rings. The molecule has 0 radical (unpaired) electrons. The van der Waals surface area contributed by atoms with E-state index in [0.717, 1.165) is 26.9 Å². The molecular weight excluding hydrogens is 349 g/mol. The SMILES string of the molecule is Cc1ccc2[nH]cc(CCC(=O)N3C[C@@H](C(F)(F)F)[C@H](C(=O)O)C3)c2c1. The third-order valence-corrected chi connectivity index (χ3v) is 4.94. The molecule has 0 saturated carbocycles. The minimum Gasteiger partial charge on any atom is -0.481 e. The highest BCUT2D eigenvalue weighted by molar-refractivity contribution is 5.85. The second-order valence-electron chi connectivity index (χ2n) is 6.75. The molecule has 26 heavy (non-hydrogen) atoms. The number of aryl methyl sites for hydroxylation is 2. The van der Waals surface area contributed by atoms with E-state index in [2.05, 4.69) is 4.98 Å². The summed E-state index contributed by atoms with van der Waals surface area (Å²) in [6.07, 6.45) is -2.42. The number of amides is 1. The van der Waals surface area contributed by atoms with Crippen molar-refractivity contribution in [3.8, 4) is 0 Å². The summed E-state index contributed by atoms with van der Waals surface area (Å²) in [4.78, 5) is 27.6. The number of benzene rings is 1. The second-order valence-corrected chi connectivity index (χ2v) is 6.75. The lowest BCUT2D eigenvalue weighted by atomic mass is 9.96. The molecular formula is C18H19F3N2O3. The van der Waals surface area contributed by atoms with Crippen LogP contribution < -0.4 is 0 Å². The molecule has 2 heterocycles. The van der Waals surface area contributed by atoms with Crippen LogP contribution in [0, 0.1) is 18.8 Å². The molecule has 1 saturated heterocycles. The van der Waals surface area contributed by atoms with Gasteiger partial charge < -0.3 is 15.0 Å². The first-order valence-corrected chi connectivity index (χ1v) is 8.30. The number of carbonyl (C=O) groups excluding carboxylic acids is 1. The highest BCUT2D eigenvalue weighted by Crippen LogP contribution is 2.38. The van der Waals surface area contributed by atoms with Crippen LogP contribution in [0.25, 0.3) is 10.9 Å². The van der Waals surface area contributed by atoms with Crippen molar-refractivity contribution in [2.45, 2.75) is 25.9 Å². The normalized spacial score (nSPS) is 20.7. The molecule has 2 N–H and O–H groups in total. The van der Waals surface area contributed by atoms with E-state index in [1.54, 1.807) is 6.20 Å². The summed E-state index contributed by atoms with van der Waals surface area (Å²) in [6.45, 7) is 0.965. The van der Waals surface area contributed by atoms with Crippen LogP contribution in [-0.2, 0) is 16.0 Å². The number of nitrogens with one attached hydrogen (secondary N) is 1. The fourth-order valence-electron chi connectivity index (χ4n) is 3.49. The van der Waals surface area contributed by atoms with Gasteiger partial charge in [0.05, 0.1) is 11.8 Å². The molecule has 5 nitrogen and oxygen atoms in total. The Morgan fingerprint density at radius 1 is 1.31 bits per heavy atom. The van der Waals surface area contributed by atoms with Crippen LogP contribution in [0.4, 0.5) is 13.2 Å². The second kappa shape index (κ2) is 6.66. The van der Waals surface area contributed by atoms with E-state index >= 15 is 0 Å². The molecule has 8 heteroatoms. The Morgan fingerprint density at radius 2 is 2.04 bits per heavy atom. The monoisotopic (exact) mass is 368 g/mol. The first-order chi connectivity index (χ1) is 12.2. The predicted octanol–water partition coefficient (Wildman–Crippen LogP) is 3.13. The van der Waals surface area contributed by atoms with Crippen molar-refractivity contribution < 1.29 is 27.9 Å². The number of hydrogen-bond acceptors (Lipinski definition) is 2. The molecule has 1 aliphatic heterocycles. The maximum atomic E-state index is 13.0. The number of aromatic amines is 1. The number of alkyl halides is 3. The smallest absolute Gasteiger partial charge is 0.394 e. The highest BCUT2D eigenvalue weighted by atomic mass is 19.4. The molecule has 0 unspecified atom stereocenters. The lowest BCUT2D eigenvalue weighted by molar-refractivity contribution is -0.188. The zero-order valence-corrected chi connectivity index (χ0v) is 14.1. The third kappa shape index (κ3) is 3.54. The fourth-order valence-corrected chi connectivity index (χ4v) is 3.49. The minimum absolute atomic E-state index is 0.0395. The van der Waals surface area contributed by atoms with Gasteiger partial charge in [-0.05, 0) is 31.0 Å². The van der Waals surface area contributed by atoms with E-state index < -0.39 is 43.0 Å². The Hall–Kier alpha value is -2.51. The van der Waals surface area contributed by atoms with Gasteiger partial charge in [-0.25, -0.2) is 0 Å². The lowest BCUT2D eigenvalue weighted by Gasteiger charge is -2.18. The fraction of sp³-hybridized carbons (Fsp3) is 0.444. The number of likely N-dealkylation sites (tertiary alicyclic amines) is 1. The number of fused-ring (bicyclic) bond motifs is 1. The Labute approximate surface area is 147 Å². The van der Waals surface area contributed by atoms with Gasteiger partial charge in [0, 0.05) is 36.6 Å². The summed E-state index contributed by atoms with van der Waals surface area (Å²) in [5.74, 6) is -5.59. The molecule has 2 atom stereocenters. The van der Waals surface area contributed by atoms with Crippen LogP contribution in [0.2, 0.25) is 0 Å². The van der Waals surface area contributed by atoms with Crippen LogP contribution in [0.1, 0.15) is 17.5 Å². The number of nitrogens with zero attached hydrogens (tertiary/aromatic N) is 1. The Morgan fingerprint density at radius 3 is 2.65 bits per heavy atom. The number of halogens is 3. The zero-order chi connectivity index (χ0) is 19.1. The van der Waals surface area contributed by atoms with Gasteiger partial charge in [0.15, 0.2) is 0 Å². The molecule has 1 fully saturated rings. The average Bonchev–Trinajstić information content (AvgIpc) is 3.16. The van der Waals surface area contributed by atoms with Crippen LogP contribution in [0.3, 0.4) is 0 Å². The molecule has 1 amide bonds. The molecule has 0 bridgehead atoms. The average molecular weight is 368 g/mol. The van der Waals surface area contributed by atoms with E-state index in [-0.39, 0.29) is 6.42 Å². The molecule has 0 spiro atoms.